The standard InChI is InChI=1S/C14H23BrN2S2/c1-10(16)13(12-8-11(15)9-18-12)17-5-4-14(2,3)19-7-6-17/h8-10,13H,4-7,16H2,1-3H3. The predicted octanol–water partition coefficient (Wildman–Crippen LogP) is 4.12. The third-order valence-electron chi connectivity index (χ3n) is 3.64. The summed E-state index contributed by atoms with van der Waals surface area (Å²) in [6.45, 7) is 9.10. The van der Waals surface area contributed by atoms with Crippen molar-refractivity contribution in [1.82, 2.24) is 4.90 Å². The molecule has 1 aliphatic heterocycles. The molecule has 1 saturated heterocycles. The number of rotatable bonds is 3. The van der Waals surface area contributed by atoms with E-state index in [1.165, 1.54) is 21.5 Å². The lowest BCUT2D eigenvalue weighted by atomic mass is 10.0. The maximum Gasteiger partial charge on any atom is 0.0591 e. The molecule has 2 unspecified atom stereocenters. The van der Waals surface area contributed by atoms with Crippen LogP contribution < -0.4 is 5.73 Å². The second kappa shape index (κ2) is 6.48. The summed E-state index contributed by atoms with van der Waals surface area (Å²) < 4.78 is 1.57. The first-order valence-electron chi connectivity index (χ1n) is 6.76. The summed E-state index contributed by atoms with van der Waals surface area (Å²) in [5, 5.41) is 2.15. The lowest BCUT2D eigenvalue weighted by Gasteiger charge is -2.33. The van der Waals surface area contributed by atoms with Gasteiger partial charge in [-0.3, -0.25) is 4.90 Å². The van der Waals surface area contributed by atoms with Crippen molar-refractivity contribution < 1.29 is 0 Å². The van der Waals surface area contributed by atoms with E-state index in [0.29, 0.717) is 10.8 Å². The van der Waals surface area contributed by atoms with Gasteiger partial charge in [-0.1, -0.05) is 13.8 Å². The molecule has 1 aromatic rings. The van der Waals surface area contributed by atoms with Crippen LogP contribution in [0, 0.1) is 0 Å². The molecule has 108 valence electrons. The van der Waals surface area contributed by atoms with Gasteiger partial charge < -0.3 is 5.73 Å². The highest BCUT2D eigenvalue weighted by atomic mass is 79.9. The molecule has 1 aliphatic rings. The van der Waals surface area contributed by atoms with Gasteiger partial charge in [0.25, 0.3) is 0 Å². The van der Waals surface area contributed by atoms with E-state index >= 15 is 0 Å². The van der Waals surface area contributed by atoms with Crippen molar-refractivity contribution in [2.75, 3.05) is 18.8 Å². The summed E-state index contributed by atoms with van der Waals surface area (Å²) in [5.74, 6) is 1.20. The summed E-state index contributed by atoms with van der Waals surface area (Å²) in [6, 6.07) is 2.74. The van der Waals surface area contributed by atoms with Gasteiger partial charge in [0.2, 0.25) is 0 Å². The van der Waals surface area contributed by atoms with Gasteiger partial charge in [0.15, 0.2) is 0 Å². The Balaban J connectivity index is 2.15. The van der Waals surface area contributed by atoms with Crippen LogP contribution >= 0.6 is 39.0 Å². The van der Waals surface area contributed by atoms with Crippen molar-refractivity contribution >= 4 is 39.0 Å². The van der Waals surface area contributed by atoms with Crippen LogP contribution in [-0.4, -0.2) is 34.5 Å². The normalized spacial score (nSPS) is 23.8. The Kier molecular flexibility index (Phi) is 5.40. The number of hydrogen-bond donors (Lipinski definition) is 1. The van der Waals surface area contributed by atoms with E-state index in [9.17, 15) is 0 Å². The third-order valence-corrected chi connectivity index (χ3v) is 6.78. The molecule has 2 N–H and O–H groups in total. The predicted molar refractivity (Wildman–Crippen MR) is 91.1 cm³/mol. The molecule has 0 aromatic carbocycles. The number of thioether (sulfide) groups is 1. The smallest absolute Gasteiger partial charge is 0.0591 e. The van der Waals surface area contributed by atoms with Crippen molar-refractivity contribution in [3.8, 4) is 0 Å². The van der Waals surface area contributed by atoms with Gasteiger partial charge in [-0.15, -0.1) is 11.3 Å². The number of nitrogens with two attached hydrogens (primary N) is 1. The number of hydrogen-bond acceptors (Lipinski definition) is 4. The average Bonchev–Trinajstić information content (AvgIpc) is 2.63. The highest BCUT2D eigenvalue weighted by Crippen LogP contribution is 2.36. The minimum atomic E-state index is 0.164. The van der Waals surface area contributed by atoms with Gasteiger partial charge in [0.1, 0.15) is 0 Å². The fourth-order valence-electron chi connectivity index (χ4n) is 2.57. The van der Waals surface area contributed by atoms with Crippen LogP contribution in [0.15, 0.2) is 15.9 Å². The zero-order valence-electron chi connectivity index (χ0n) is 11.9. The molecule has 0 aliphatic carbocycles. The van der Waals surface area contributed by atoms with Gasteiger partial charge in [0.05, 0.1) is 6.04 Å². The maximum atomic E-state index is 6.27. The van der Waals surface area contributed by atoms with Crippen LogP contribution in [0.3, 0.4) is 0 Å². The van der Waals surface area contributed by atoms with Crippen molar-refractivity contribution in [1.29, 1.82) is 0 Å². The summed E-state index contributed by atoms with van der Waals surface area (Å²) in [4.78, 5) is 3.96. The van der Waals surface area contributed by atoms with E-state index in [-0.39, 0.29) is 6.04 Å². The molecule has 0 bridgehead atoms. The minimum Gasteiger partial charge on any atom is -0.326 e. The fourth-order valence-corrected chi connectivity index (χ4v) is 5.38. The molecule has 0 saturated carbocycles. The Morgan fingerprint density at radius 2 is 2.16 bits per heavy atom. The molecule has 2 nitrogen and oxygen atoms in total. The second-order valence-electron chi connectivity index (χ2n) is 5.87. The molecule has 0 spiro atoms. The van der Waals surface area contributed by atoms with E-state index in [4.69, 9.17) is 5.73 Å². The molecule has 0 radical (unpaired) electrons. The van der Waals surface area contributed by atoms with E-state index < -0.39 is 0 Å². The topological polar surface area (TPSA) is 29.3 Å². The van der Waals surface area contributed by atoms with Crippen molar-refractivity contribution in [2.45, 2.75) is 44.0 Å². The van der Waals surface area contributed by atoms with Crippen LogP contribution in [-0.2, 0) is 0 Å². The highest BCUT2D eigenvalue weighted by molar-refractivity contribution is 9.10. The van der Waals surface area contributed by atoms with Gasteiger partial charge in [-0.05, 0) is 35.3 Å². The SMILES string of the molecule is CC(N)C(c1cc(Br)cs1)N1CCSC(C)(C)CC1. The van der Waals surface area contributed by atoms with Crippen LogP contribution in [0.1, 0.15) is 38.1 Å². The lowest BCUT2D eigenvalue weighted by Crippen LogP contribution is -2.40. The second-order valence-corrected chi connectivity index (χ2v) is 9.53. The third kappa shape index (κ3) is 4.21. The zero-order chi connectivity index (χ0) is 14.0. The summed E-state index contributed by atoms with van der Waals surface area (Å²) >= 11 is 7.45. The monoisotopic (exact) mass is 362 g/mol. The Hall–Kier alpha value is 0.450. The van der Waals surface area contributed by atoms with Gasteiger partial charge in [-0.25, -0.2) is 0 Å². The summed E-state index contributed by atoms with van der Waals surface area (Å²) in [7, 11) is 0. The van der Waals surface area contributed by atoms with Crippen molar-refractivity contribution in [3.63, 3.8) is 0 Å². The van der Waals surface area contributed by atoms with Gasteiger partial charge in [0, 0.05) is 44.4 Å². The van der Waals surface area contributed by atoms with Crippen LogP contribution in [0.2, 0.25) is 0 Å². The summed E-state index contributed by atoms with van der Waals surface area (Å²) in [5.41, 5.74) is 6.27. The van der Waals surface area contributed by atoms with Crippen LogP contribution in [0.25, 0.3) is 0 Å². The van der Waals surface area contributed by atoms with Gasteiger partial charge >= 0.3 is 0 Å². The average molecular weight is 363 g/mol. The first-order valence-corrected chi connectivity index (χ1v) is 9.42. The largest absolute Gasteiger partial charge is 0.326 e. The zero-order valence-corrected chi connectivity index (χ0v) is 15.1. The number of halogens is 1. The van der Waals surface area contributed by atoms with E-state index in [0.717, 1.165) is 13.1 Å². The van der Waals surface area contributed by atoms with Crippen LogP contribution in [0.5, 0.6) is 0 Å². The van der Waals surface area contributed by atoms with E-state index in [1.807, 2.05) is 11.3 Å². The van der Waals surface area contributed by atoms with E-state index in [1.54, 1.807) is 0 Å². The molecule has 0 amide bonds. The maximum absolute atomic E-state index is 6.27. The van der Waals surface area contributed by atoms with Crippen molar-refractivity contribution in [2.24, 2.45) is 5.73 Å². The van der Waals surface area contributed by atoms with Crippen molar-refractivity contribution in [3.05, 3.63) is 20.8 Å². The molecule has 5 heteroatoms. The first-order chi connectivity index (χ1) is 8.89. The Morgan fingerprint density at radius 1 is 1.42 bits per heavy atom. The molecule has 19 heavy (non-hydrogen) atoms. The minimum absolute atomic E-state index is 0.164. The first kappa shape index (κ1) is 15.8. The van der Waals surface area contributed by atoms with Gasteiger partial charge in [-0.2, -0.15) is 11.8 Å². The molecule has 2 heterocycles. The quantitative estimate of drug-likeness (QED) is 0.876. The summed E-state index contributed by atoms with van der Waals surface area (Å²) in [6.07, 6.45) is 1.23. The molecular formula is C14H23BrN2S2. The molecular weight excluding hydrogens is 340 g/mol. The molecule has 1 aromatic heterocycles. The Bertz CT molecular complexity index is 417. The van der Waals surface area contributed by atoms with Crippen LogP contribution in [0.4, 0.5) is 0 Å². The highest BCUT2D eigenvalue weighted by Gasteiger charge is 2.30. The molecule has 1 fully saturated rings. The molecule has 2 atom stereocenters. The lowest BCUT2D eigenvalue weighted by molar-refractivity contribution is 0.187. The number of nitrogens with zero attached hydrogens (tertiary/aromatic N) is 1. The fraction of sp³-hybridized carbons (Fsp3) is 0.714. The van der Waals surface area contributed by atoms with E-state index in [2.05, 4.69) is 64.8 Å². The Labute approximate surface area is 133 Å². The number of thiophene rings is 1. The molecule has 2 rings (SSSR count). The Morgan fingerprint density at radius 3 is 2.74 bits per heavy atom.